The average Bonchev–Trinajstić information content (AvgIpc) is 4.14. The van der Waals surface area contributed by atoms with E-state index >= 15 is 0 Å². The summed E-state index contributed by atoms with van der Waals surface area (Å²) in [5.74, 6) is 0. The Bertz CT molecular complexity index is 4510. The maximum absolute atomic E-state index is 2.55. The lowest BCUT2D eigenvalue weighted by Gasteiger charge is -2.22. The van der Waals surface area contributed by atoms with Crippen molar-refractivity contribution >= 4 is 65.4 Å². The molecule has 0 amide bonds. The zero-order chi connectivity index (χ0) is 47.7. The van der Waals surface area contributed by atoms with Gasteiger partial charge in [-0.25, -0.2) is 0 Å². The highest BCUT2D eigenvalue weighted by Crippen LogP contribution is 2.52. The molecule has 14 aromatic rings. The first-order valence-corrected chi connectivity index (χ1v) is 25.1. The van der Waals surface area contributed by atoms with Crippen LogP contribution in [0.15, 0.2) is 249 Å². The normalized spacial score (nSPS) is 13.0. The molecule has 338 valence electrons. The molecule has 0 unspecified atom stereocenters. The molecule has 0 aliphatic heterocycles. The summed E-state index contributed by atoms with van der Waals surface area (Å²) in [6, 6.07) is 92.3. The topological polar surface area (TPSA) is 14.8 Å². The van der Waals surface area contributed by atoms with Gasteiger partial charge in [0.05, 0.1) is 33.1 Å². The quantitative estimate of drug-likeness (QED) is 0.158. The highest BCUT2D eigenvalue weighted by Gasteiger charge is 2.36. The Balaban J connectivity index is 0.997. The molecule has 0 fully saturated rings. The SMILES string of the molecule is CC1(C)c2ccccc2-c2cc3c4cc(-c5cccc6c5c5ccccc5n6-c5ccccc5)ccc4n(-c4cc(-c5ccccc5)cc(-c5ccc6c(c5)c5ccccc5n6-c5ccccc5)c4)c3cc21. The van der Waals surface area contributed by atoms with E-state index in [-0.39, 0.29) is 5.41 Å². The second-order valence-electron chi connectivity index (χ2n) is 20.1. The van der Waals surface area contributed by atoms with Crippen molar-refractivity contribution in [3.63, 3.8) is 0 Å². The fourth-order valence-electron chi connectivity index (χ4n) is 12.5. The number of hydrogen-bond acceptors (Lipinski definition) is 0. The molecule has 0 N–H and O–H groups in total. The van der Waals surface area contributed by atoms with Gasteiger partial charge in [-0.3, -0.25) is 0 Å². The fourth-order valence-corrected chi connectivity index (χ4v) is 12.5. The second-order valence-corrected chi connectivity index (χ2v) is 20.1. The maximum atomic E-state index is 2.55. The first-order valence-electron chi connectivity index (χ1n) is 25.1. The minimum Gasteiger partial charge on any atom is -0.309 e. The van der Waals surface area contributed by atoms with Crippen LogP contribution in [0.4, 0.5) is 0 Å². The Hall–Kier alpha value is -9.18. The summed E-state index contributed by atoms with van der Waals surface area (Å²) < 4.78 is 7.36. The Labute approximate surface area is 417 Å². The van der Waals surface area contributed by atoms with E-state index < -0.39 is 0 Å². The third-order valence-corrected chi connectivity index (χ3v) is 15.8. The summed E-state index contributed by atoms with van der Waals surface area (Å²) in [4.78, 5) is 0. The van der Waals surface area contributed by atoms with Crippen LogP contribution < -0.4 is 0 Å². The Morgan fingerprint density at radius 2 is 0.750 bits per heavy atom. The smallest absolute Gasteiger partial charge is 0.0547 e. The van der Waals surface area contributed by atoms with E-state index in [9.17, 15) is 0 Å². The molecule has 0 saturated carbocycles. The van der Waals surface area contributed by atoms with E-state index in [0.717, 1.165) is 17.1 Å². The van der Waals surface area contributed by atoms with E-state index in [2.05, 4.69) is 276 Å². The maximum Gasteiger partial charge on any atom is 0.0547 e. The van der Waals surface area contributed by atoms with Crippen LogP contribution in [0.25, 0.3) is 127 Å². The van der Waals surface area contributed by atoms with Crippen LogP contribution in [-0.4, -0.2) is 13.7 Å². The molecule has 11 aromatic carbocycles. The minimum atomic E-state index is -0.166. The number of hydrogen-bond donors (Lipinski definition) is 0. The van der Waals surface area contributed by atoms with Gasteiger partial charge in [0.2, 0.25) is 0 Å². The average molecular weight is 918 g/mol. The first kappa shape index (κ1) is 40.7. The summed E-state index contributed by atoms with van der Waals surface area (Å²) in [6.45, 7) is 4.78. The van der Waals surface area contributed by atoms with E-state index in [1.807, 2.05) is 0 Å². The third-order valence-electron chi connectivity index (χ3n) is 15.8. The lowest BCUT2D eigenvalue weighted by atomic mass is 9.82. The number of benzene rings is 11. The van der Waals surface area contributed by atoms with Crippen molar-refractivity contribution in [1.82, 2.24) is 13.7 Å². The zero-order valence-corrected chi connectivity index (χ0v) is 40.0. The largest absolute Gasteiger partial charge is 0.309 e. The predicted octanol–water partition coefficient (Wildman–Crippen LogP) is 18.3. The third kappa shape index (κ3) is 5.91. The van der Waals surface area contributed by atoms with Crippen molar-refractivity contribution in [3.8, 4) is 61.6 Å². The van der Waals surface area contributed by atoms with Gasteiger partial charge in [0.15, 0.2) is 0 Å². The molecule has 0 atom stereocenters. The van der Waals surface area contributed by atoms with Crippen molar-refractivity contribution in [2.75, 3.05) is 0 Å². The molecule has 1 aliphatic rings. The number of aromatic nitrogens is 3. The van der Waals surface area contributed by atoms with E-state index in [4.69, 9.17) is 0 Å². The summed E-state index contributed by atoms with van der Waals surface area (Å²) in [5, 5.41) is 7.48. The molecule has 0 spiro atoms. The molecule has 3 heterocycles. The molecular formula is C69H47N3. The lowest BCUT2D eigenvalue weighted by Crippen LogP contribution is -2.15. The molecule has 0 radical (unpaired) electrons. The van der Waals surface area contributed by atoms with Crippen LogP contribution in [0, 0.1) is 0 Å². The van der Waals surface area contributed by atoms with Crippen LogP contribution >= 0.6 is 0 Å². The number of rotatable bonds is 6. The van der Waals surface area contributed by atoms with Crippen molar-refractivity contribution in [1.29, 1.82) is 0 Å². The molecular weight excluding hydrogens is 871 g/mol. The van der Waals surface area contributed by atoms with Crippen molar-refractivity contribution in [2.45, 2.75) is 19.3 Å². The molecule has 3 nitrogen and oxygen atoms in total. The summed E-state index contributed by atoms with van der Waals surface area (Å²) >= 11 is 0. The van der Waals surface area contributed by atoms with Gasteiger partial charge in [0.1, 0.15) is 0 Å². The first-order chi connectivity index (χ1) is 35.5. The molecule has 3 heteroatoms. The van der Waals surface area contributed by atoms with E-state index in [1.165, 1.54) is 121 Å². The molecule has 1 aliphatic carbocycles. The van der Waals surface area contributed by atoms with Crippen LogP contribution in [0.1, 0.15) is 25.0 Å². The Kier molecular flexibility index (Phi) is 8.71. The van der Waals surface area contributed by atoms with Gasteiger partial charge in [-0.2, -0.15) is 0 Å². The standard InChI is InChI=1S/C69H47N3/c1-69(2)60-29-15-12-25-53(60)56-42-59-58-41-46(52-28-18-32-66-68(52)55-27-14-17-31-63(55)71(66)50-23-10-5-11-24-50)34-36-65(58)72(67(59)43-61(56)69)51-38-47(44-19-6-3-7-20-44)37-48(39-51)45-33-35-64-57(40-45)54-26-13-16-30-62(54)70(64)49-21-8-4-9-22-49/h3-43H,1-2H3. The second kappa shape index (κ2) is 15.4. The van der Waals surface area contributed by atoms with Gasteiger partial charge < -0.3 is 13.7 Å². The highest BCUT2D eigenvalue weighted by atomic mass is 15.0. The van der Waals surface area contributed by atoms with Gasteiger partial charge in [-0.1, -0.05) is 166 Å². The van der Waals surface area contributed by atoms with Gasteiger partial charge >= 0.3 is 0 Å². The number of para-hydroxylation sites is 4. The predicted molar refractivity (Wildman–Crippen MR) is 303 cm³/mol. The minimum absolute atomic E-state index is 0.166. The monoisotopic (exact) mass is 917 g/mol. The van der Waals surface area contributed by atoms with Gasteiger partial charge in [0, 0.05) is 54.8 Å². The van der Waals surface area contributed by atoms with Crippen LogP contribution in [0.3, 0.4) is 0 Å². The van der Waals surface area contributed by atoms with Crippen LogP contribution in [-0.2, 0) is 5.41 Å². The van der Waals surface area contributed by atoms with Crippen LogP contribution in [0.2, 0.25) is 0 Å². The van der Waals surface area contributed by atoms with E-state index in [0.29, 0.717) is 0 Å². The van der Waals surface area contributed by atoms with Crippen molar-refractivity contribution in [3.05, 3.63) is 260 Å². The van der Waals surface area contributed by atoms with Gasteiger partial charge in [0.25, 0.3) is 0 Å². The summed E-state index contributed by atoms with van der Waals surface area (Å²) in [6.07, 6.45) is 0. The highest BCUT2D eigenvalue weighted by molar-refractivity contribution is 6.18. The zero-order valence-electron chi connectivity index (χ0n) is 40.0. The number of nitrogens with zero attached hydrogens (tertiary/aromatic N) is 3. The fraction of sp³-hybridized carbons (Fsp3) is 0.0435. The van der Waals surface area contributed by atoms with E-state index in [1.54, 1.807) is 0 Å². The molecule has 3 aromatic heterocycles. The van der Waals surface area contributed by atoms with Gasteiger partial charge in [-0.05, 0) is 153 Å². The molecule has 15 rings (SSSR count). The number of fused-ring (bicyclic) bond motifs is 12. The molecule has 0 bridgehead atoms. The van der Waals surface area contributed by atoms with Crippen molar-refractivity contribution in [2.24, 2.45) is 0 Å². The lowest BCUT2D eigenvalue weighted by molar-refractivity contribution is 0.661. The summed E-state index contributed by atoms with van der Waals surface area (Å²) in [7, 11) is 0. The molecule has 72 heavy (non-hydrogen) atoms. The molecule has 0 saturated heterocycles. The summed E-state index contributed by atoms with van der Waals surface area (Å²) in [5.41, 5.74) is 23.0. The van der Waals surface area contributed by atoms with Gasteiger partial charge in [-0.15, -0.1) is 0 Å². The Morgan fingerprint density at radius 1 is 0.250 bits per heavy atom. The van der Waals surface area contributed by atoms with Crippen molar-refractivity contribution < 1.29 is 0 Å². The Morgan fingerprint density at radius 3 is 1.49 bits per heavy atom. The van der Waals surface area contributed by atoms with Crippen LogP contribution in [0.5, 0.6) is 0 Å².